The lowest BCUT2D eigenvalue weighted by Gasteiger charge is -2.43. The summed E-state index contributed by atoms with van der Waals surface area (Å²) >= 11 is 0. The lowest BCUT2D eigenvalue weighted by Crippen LogP contribution is -2.52. The maximum atomic E-state index is 13.8. The Balaban J connectivity index is 2.96. The molecular weight excluding hydrogens is 325 g/mol. The van der Waals surface area contributed by atoms with Crippen LogP contribution in [0.25, 0.3) is 0 Å². The van der Waals surface area contributed by atoms with Gasteiger partial charge in [-0.25, -0.2) is 0 Å². The van der Waals surface area contributed by atoms with Crippen LogP contribution in [0.5, 0.6) is 0 Å². The number of hydrogen-bond acceptors (Lipinski definition) is 5. The quantitative estimate of drug-likeness (QED) is 0.268. The maximum Gasteiger partial charge on any atom is 0.350 e. The van der Waals surface area contributed by atoms with E-state index in [-0.39, 0.29) is 0 Å². The van der Waals surface area contributed by atoms with Gasteiger partial charge in [-0.3, -0.25) is 9.88 Å². The van der Waals surface area contributed by atoms with Gasteiger partial charge in [0.05, 0.1) is 13.2 Å². The van der Waals surface area contributed by atoms with E-state index in [1.807, 2.05) is 6.92 Å². The van der Waals surface area contributed by atoms with Gasteiger partial charge in [0.2, 0.25) is 0 Å². The van der Waals surface area contributed by atoms with Crippen molar-refractivity contribution in [2.45, 2.75) is 103 Å². The summed E-state index contributed by atoms with van der Waals surface area (Å²) in [6.45, 7) is 7.12. The van der Waals surface area contributed by atoms with E-state index < -0.39 is 19.1 Å². The SMILES string of the molecule is CCCCOP(=O)(OCCCC)C1(NC(O)CCC)CCCCC1. The van der Waals surface area contributed by atoms with E-state index >= 15 is 0 Å². The Morgan fingerprint density at radius 3 is 2.00 bits per heavy atom. The van der Waals surface area contributed by atoms with E-state index in [0.717, 1.165) is 64.2 Å². The minimum atomic E-state index is -3.33. The summed E-state index contributed by atoms with van der Waals surface area (Å²) < 4.78 is 25.6. The van der Waals surface area contributed by atoms with Crippen molar-refractivity contribution in [2.75, 3.05) is 13.2 Å². The third-order valence-electron chi connectivity index (χ3n) is 4.72. The zero-order valence-electron chi connectivity index (χ0n) is 15.9. The molecule has 0 spiro atoms. The standard InChI is InChI=1S/C18H38NO4P/c1-4-7-15-22-24(21,23-16-8-5-2)18(13-10-9-11-14-18)19-17(20)12-6-3/h17,19-20H,4-16H2,1-3H3. The van der Waals surface area contributed by atoms with Crippen LogP contribution in [0.3, 0.4) is 0 Å². The average molecular weight is 363 g/mol. The van der Waals surface area contributed by atoms with Crippen LogP contribution in [-0.4, -0.2) is 29.8 Å². The second-order valence-corrected chi connectivity index (χ2v) is 9.28. The fourth-order valence-corrected chi connectivity index (χ4v) is 5.71. The summed E-state index contributed by atoms with van der Waals surface area (Å²) in [5.41, 5.74) is 0. The summed E-state index contributed by atoms with van der Waals surface area (Å²) in [6, 6.07) is 0. The lowest BCUT2D eigenvalue weighted by molar-refractivity contribution is 0.0718. The van der Waals surface area contributed by atoms with Crippen LogP contribution in [0.1, 0.15) is 91.4 Å². The van der Waals surface area contributed by atoms with E-state index in [9.17, 15) is 9.67 Å². The number of unbranched alkanes of at least 4 members (excludes halogenated alkanes) is 2. The number of aliphatic hydroxyl groups is 1. The summed E-state index contributed by atoms with van der Waals surface area (Å²) in [6.07, 6.45) is 9.18. The molecule has 24 heavy (non-hydrogen) atoms. The number of rotatable bonds is 13. The summed E-state index contributed by atoms with van der Waals surface area (Å²) in [5, 5.41) is 12.9. The summed E-state index contributed by atoms with van der Waals surface area (Å²) in [4.78, 5) is 0. The Morgan fingerprint density at radius 2 is 1.54 bits per heavy atom. The molecule has 0 saturated heterocycles. The Hall–Kier alpha value is 0.0700. The zero-order valence-corrected chi connectivity index (χ0v) is 16.8. The van der Waals surface area contributed by atoms with Gasteiger partial charge in [-0.15, -0.1) is 0 Å². The van der Waals surface area contributed by atoms with E-state index in [4.69, 9.17) is 9.05 Å². The van der Waals surface area contributed by atoms with Gasteiger partial charge < -0.3 is 14.2 Å². The molecule has 0 heterocycles. The molecule has 0 aliphatic heterocycles. The minimum absolute atomic E-state index is 0.452. The van der Waals surface area contributed by atoms with E-state index in [0.29, 0.717) is 19.6 Å². The third kappa shape index (κ3) is 6.42. The highest BCUT2D eigenvalue weighted by Gasteiger charge is 2.52. The van der Waals surface area contributed by atoms with Crippen LogP contribution in [0.2, 0.25) is 0 Å². The predicted octanol–water partition coefficient (Wildman–Crippen LogP) is 5.18. The molecule has 1 aliphatic rings. The molecule has 1 fully saturated rings. The molecule has 0 radical (unpaired) electrons. The van der Waals surface area contributed by atoms with Crippen molar-refractivity contribution in [2.24, 2.45) is 0 Å². The van der Waals surface area contributed by atoms with E-state index in [1.165, 1.54) is 0 Å². The second kappa shape index (κ2) is 11.6. The maximum absolute atomic E-state index is 13.8. The molecule has 5 nitrogen and oxygen atoms in total. The molecule has 1 aliphatic carbocycles. The van der Waals surface area contributed by atoms with Crippen molar-refractivity contribution in [3.63, 3.8) is 0 Å². The highest BCUT2D eigenvalue weighted by Crippen LogP contribution is 2.64. The van der Waals surface area contributed by atoms with Gasteiger partial charge in [0.25, 0.3) is 0 Å². The molecule has 0 amide bonds. The molecule has 0 aromatic heterocycles. The smallest absolute Gasteiger partial charge is 0.350 e. The molecule has 1 unspecified atom stereocenters. The largest absolute Gasteiger partial charge is 0.379 e. The van der Waals surface area contributed by atoms with Gasteiger partial charge in [0, 0.05) is 0 Å². The van der Waals surface area contributed by atoms with Crippen molar-refractivity contribution in [1.82, 2.24) is 5.32 Å². The van der Waals surface area contributed by atoms with Gasteiger partial charge in [-0.1, -0.05) is 59.3 Å². The fraction of sp³-hybridized carbons (Fsp3) is 1.00. The Kier molecular flexibility index (Phi) is 10.7. The summed E-state index contributed by atoms with van der Waals surface area (Å²) in [7, 11) is -3.33. The lowest BCUT2D eigenvalue weighted by atomic mass is 9.94. The minimum Gasteiger partial charge on any atom is -0.379 e. The Morgan fingerprint density at radius 1 is 1.00 bits per heavy atom. The highest BCUT2D eigenvalue weighted by atomic mass is 31.2. The first-order chi connectivity index (χ1) is 11.5. The predicted molar refractivity (Wildman–Crippen MR) is 99.2 cm³/mol. The normalized spacial score (nSPS) is 19.3. The Bertz CT molecular complexity index is 358. The molecule has 0 bridgehead atoms. The van der Waals surface area contributed by atoms with Gasteiger partial charge in [0.1, 0.15) is 11.5 Å². The first kappa shape index (κ1) is 22.1. The molecule has 1 atom stereocenters. The number of aliphatic hydroxyl groups excluding tert-OH is 1. The van der Waals surface area contributed by atoms with Gasteiger partial charge in [-0.2, -0.15) is 0 Å². The van der Waals surface area contributed by atoms with Crippen molar-refractivity contribution < 1.29 is 18.7 Å². The molecule has 6 heteroatoms. The third-order valence-corrected chi connectivity index (χ3v) is 7.39. The molecule has 1 saturated carbocycles. The van der Waals surface area contributed by atoms with Gasteiger partial charge in [0.15, 0.2) is 0 Å². The molecule has 0 aromatic carbocycles. The molecule has 2 N–H and O–H groups in total. The molecule has 144 valence electrons. The van der Waals surface area contributed by atoms with E-state index in [1.54, 1.807) is 0 Å². The molecule has 0 aromatic rings. The summed E-state index contributed by atoms with van der Waals surface area (Å²) in [5.74, 6) is 0. The first-order valence-corrected chi connectivity index (χ1v) is 11.4. The topological polar surface area (TPSA) is 67.8 Å². The molecular formula is C18H38NO4P. The van der Waals surface area contributed by atoms with Crippen LogP contribution in [-0.2, 0) is 13.6 Å². The first-order valence-electron chi connectivity index (χ1n) is 9.88. The van der Waals surface area contributed by atoms with Gasteiger partial charge >= 0.3 is 7.60 Å². The zero-order chi connectivity index (χ0) is 17.9. The molecule has 1 rings (SSSR count). The Labute approximate surface area is 148 Å². The van der Waals surface area contributed by atoms with Crippen LogP contribution < -0.4 is 5.32 Å². The van der Waals surface area contributed by atoms with Crippen LogP contribution >= 0.6 is 7.60 Å². The van der Waals surface area contributed by atoms with Crippen molar-refractivity contribution in [1.29, 1.82) is 0 Å². The highest BCUT2D eigenvalue weighted by molar-refractivity contribution is 7.55. The monoisotopic (exact) mass is 363 g/mol. The van der Waals surface area contributed by atoms with E-state index in [2.05, 4.69) is 19.2 Å². The van der Waals surface area contributed by atoms with Crippen LogP contribution in [0.15, 0.2) is 0 Å². The fourth-order valence-electron chi connectivity index (χ4n) is 3.23. The van der Waals surface area contributed by atoms with Crippen LogP contribution in [0, 0.1) is 0 Å². The van der Waals surface area contributed by atoms with Crippen molar-refractivity contribution in [3.8, 4) is 0 Å². The average Bonchev–Trinajstić information content (AvgIpc) is 2.56. The van der Waals surface area contributed by atoms with Crippen LogP contribution in [0.4, 0.5) is 0 Å². The number of hydrogen-bond donors (Lipinski definition) is 2. The van der Waals surface area contributed by atoms with Gasteiger partial charge in [-0.05, 0) is 32.1 Å². The van der Waals surface area contributed by atoms with Crippen molar-refractivity contribution in [3.05, 3.63) is 0 Å². The van der Waals surface area contributed by atoms with Crippen molar-refractivity contribution >= 4 is 7.60 Å². The number of nitrogens with one attached hydrogen (secondary N) is 1. The second-order valence-electron chi connectivity index (χ2n) is 6.91.